The van der Waals surface area contributed by atoms with E-state index in [4.69, 9.17) is 29.8 Å². The summed E-state index contributed by atoms with van der Waals surface area (Å²) in [6.07, 6.45) is 7.67. The number of nitrogens with one attached hydrogen (secondary N) is 1. The number of ether oxygens (including phenoxy) is 4. The minimum atomic E-state index is -2.27. The van der Waals surface area contributed by atoms with Crippen molar-refractivity contribution < 1.29 is 48.3 Å². The number of para-hydroxylation sites is 1. The number of hydrogen-bond donors (Lipinski definition) is 4. The molecular formula is C52H61N5O10. The van der Waals surface area contributed by atoms with E-state index in [1.54, 1.807) is 19.2 Å². The number of aliphatic hydroxyl groups is 1. The molecule has 2 bridgehead atoms. The molecule has 354 valence electrons. The molecule has 5 aliphatic heterocycles. The van der Waals surface area contributed by atoms with Crippen LogP contribution >= 0.6 is 0 Å². The minimum Gasteiger partial charge on any atom is -0.496 e. The largest absolute Gasteiger partial charge is 0.496 e. The third-order valence-corrected chi connectivity index (χ3v) is 15.9. The smallest absolute Gasteiger partial charge is 0.344 e. The maximum Gasteiger partial charge on any atom is 0.344 e. The van der Waals surface area contributed by atoms with Crippen molar-refractivity contribution in [3.63, 3.8) is 0 Å². The van der Waals surface area contributed by atoms with E-state index in [-0.39, 0.29) is 23.5 Å². The van der Waals surface area contributed by atoms with Crippen molar-refractivity contribution in [2.75, 3.05) is 65.2 Å². The number of carboxylic acid groups (broad SMARTS) is 1. The number of H-pyrrole nitrogens is 1. The summed E-state index contributed by atoms with van der Waals surface area (Å²) in [4.78, 5) is 63.4. The lowest BCUT2D eigenvalue weighted by Gasteiger charge is -2.63. The Hall–Kier alpha value is -6.16. The van der Waals surface area contributed by atoms with Crippen LogP contribution in [0.3, 0.4) is 0 Å². The van der Waals surface area contributed by atoms with E-state index in [9.17, 15) is 19.5 Å². The average molecular weight is 916 g/mol. The maximum absolute atomic E-state index is 15.2. The number of rotatable bonds is 8. The van der Waals surface area contributed by atoms with Crippen LogP contribution in [0.25, 0.3) is 10.9 Å². The van der Waals surface area contributed by atoms with Gasteiger partial charge in [-0.3, -0.25) is 19.4 Å². The van der Waals surface area contributed by atoms with Gasteiger partial charge in [-0.25, -0.2) is 9.59 Å². The molecule has 6 heterocycles. The van der Waals surface area contributed by atoms with E-state index in [2.05, 4.69) is 58.1 Å². The quantitative estimate of drug-likeness (QED) is 0.0725. The molecule has 0 amide bonds. The van der Waals surface area contributed by atoms with Crippen molar-refractivity contribution in [2.45, 2.75) is 87.6 Å². The Labute approximate surface area is 390 Å². The fourth-order valence-electron chi connectivity index (χ4n) is 13.5. The highest BCUT2D eigenvalue weighted by Crippen LogP contribution is 2.68. The van der Waals surface area contributed by atoms with Crippen LogP contribution in [0.15, 0.2) is 84.5 Å². The van der Waals surface area contributed by atoms with Crippen LogP contribution < -0.4 is 15.4 Å². The first-order chi connectivity index (χ1) is 32.1. The number of nitrogen functional groups attached to an aromatic ring is 1. The highest BCUT2D eigenvalue weighted by atomic mass is 16.6. The summed E-state index contributed by atoms with van der Waals surface area (Å²) in [6, 6.07) is 17.2. The van der Waals surface area contributed by atoms with Gasteiger partial charge in [-0.2, -0.15) is 0 Å². The van der Waals surface area contributed by atoms with Crippen LogP contribution in [0, 0.1) is 11.3 Å². The molecule has 1 saturated heterocycles. The molecule has 3 aromatic carbocycles. The molecule has 1 saturated carbocycles. The van der Waals surface area contributed by atoms with Crippen molar-refractivity contribution in [1.82, 2.24) is 14.8 Å². The van der Waals surface area contributed by atoms with Gasteiger partial charge < -0.3 is 44.8 Å². The third kappa shape index (κ3) is 6.62. The molecule has 6 aliphatic rings. The van der Waals surface area contributed by atoms with Gasteiger partial charge in [0.25, 0.3) is 0 Å². The standard InChI is InChI=1S/C45H54N4O8.C7H7NO2/c1-8-27-19-28-22-44(40(51)55-6,36-30(25-48(23-27)24-28)29-13-10-11-14-33(29)46-36)32-20-31-34(21-35(32)54-5)47(4)38-43(31)16-18-49-17-12-15-42(9-2,37(43)49)39(57-26(3)50)45(38,53)41(52)56-7;8-6-3-1-5(2-4-6)7(9)10/h10-15,19-21,28,37-39,46,53H,8-9,16-18,22-25H2,1-7H3;1-4H,8H2,(H,9,10)/t28-,37-,38+,39+,42+,43+,44-,45-;/m0./s1. The van der Waals surface area contributed by atoms with Crippen molar-refractivity contribution >= 4 is 46.2 Å². The summed E-state index contributed by atoms with van der Waals surface area (Å²) in [6.45, 7) is 9.19. The van der Waals surface area contributed by atoms with Gasteiger partial charge in [0, 0.05) is 96.6 Å². The third-order valence-electron chi connectivity index (χ3n) is 15.9. The first kappa shape index (κ1) is 46.0. The Balaban J connectivity index is 0.000000501. The van der Waals surface area contributed by atoms with E-state index in [1.807, 2.05) is 37.1 Å². The Morgan fingerprint density at radius 2 is 1.67 bits per heavy atom. The second kappa shape index (κ2) is 16.9. The zero-order valence-corrected chi connectivity index (χ0v) is 39.3. The average Bonchev–Trinajstić information content (AvgIpc) is 3.98. The van der Waals surface area contributed by atoms with Gasteiger partial charge in [0.1, 0.15) is 11.2 Å². The monoisotopic (exact) mass is 915 g/mol. The number of hydrogen-bond acceptors (Lipinski definition) is 13. The van der Waals surface area contributed by atoms with Crippen LogP contribution in [0.2, 0.25) is 0 Å². The molecule has 1 unspecified atom stereocenters. The second-order valence-electron chi connectivity index (χ2n) is 19.1. The topological polar surface area (TPSA) is 197 Å². The molecular weight excluding hydrogens is 855 g/mol. The predicted octanol–water partition coefficient (Wildman–Crippen LogP) is 5.72. The van der Waals surface area contributed by atoms with E-state index in [0.717, 1.165) is 52.9 Å². The van der Waals surface area contributed by atoms with E-state index in [1.165, 1.54) is 38.8 Å². The number of benzene rings is 3. The summed E-state index contributed by atoms with van der Waals surface area (Å²) >= 11 is 0. The molecule has 0 radical (unpaired) electrons. The SMILES string of the molecule is CCC1=C[C@@H]2CN(C1)Cc1c([nH]c3ccccc13)[C@@](C(=O)OC)(c1cc3c(cc1OC)N(C)[C@H]1[C@@](O)(C(=O)OC)[C@H](OC(C)=O)[C@]4(CC)C=CCN5CC[C@]31[C@@H]54)C2.Nc1ccc(C(=O)O)cc1. The minimum absolute atomic E-state index is 0.0284. The molecule has 9 atom stereocenters. The number of likely N-dealkylation sites (N-methyl/N-ethyl adjacent to an activating group) is 1. The number of nitrogens with two attached hydrogens (primary N) is 1. The summed E-state index contributed by atoms with van der Waals surface area (Å²) < 4.78 is 23.9. The first-order valence-electron chi connectivity index (χ1n) is 23.1. The lowest BCUT2D eigenvalue weighted by atomic mass is 9.47. The van der Waals surface area contributed by atoms with Gasteiger partial charge in [0.15, 0.2) is 6.10 Å². The van der Waals surface area contributed by atoms with Crippen molar-refractivity contribution in [3.8, 4) is 5.75 Å². The van der Waals surface area contributed by atoms with Crippen LogP contribution in [-0.4, -0.2) is 127 Å². The normalized spacial score (nSPS) is 31.1. The van der Waals surface area contributed by atoms with Gasteiger partial charge >= 0.3 is 23.9 Å². The number of carbonyl (C=O) groups excluding carboxylic acids is 3. The van der Waals surface area contributed by atoms with Gasteiger partial charge in [-0.1, -0.05) is 55.8 Å². The van der Waals surface area contributed by atoms with Gasteiger partial charge in [-0.15, -0.1) is 0 Å². The van der Waals surface area contributed by atoms with Crippen molar-refractivity contribution in [1.29, 1.82) is 0 Å². The zero-order valence-electron chi connectivity index (χ0n) is 39.3. The van der Waals surface area contributed by atoms with Gasteiger partial charge in [-0.05, 0) is 85.7 Å². The highest BCUT2D eigenvalue weighted by molar-refractivity contribution is 5.95. The molecule has 4 aromatic rings. The van der Waals surface area contributed by atoms with Crippen molar-refractivity contribution in [3.05, 3.63) is 112 Å². The molecule has 10 rings (SSSR count). The van der Waals surface area contributed by atoms with Gasteiger partial charge in [0.2, 0.25) is 5.60 Å². The Morgan fingerprint density at radius 3 is 2.33 bits per heavy atom. The number of carbonyl (C=O) groups is 4. The molecule has 1 spiro atoms. The lowest BCUT2D eigenvalue weighted by molar-refractivity contribution is -0.228. The molecule has 67 heavy (non-hydrogen) atoms. The molecule has 15 heteroatoms. The summed E-state index contributed by atoms with van der Waals surface area (Å²) in [5, 5.41) is 22.8. The van der Waals surface area contributed by atoms with Crippen molar-refractivity contribution in [2.24, 2.45) is 11.3 Å². The number of aromatic nitrogens is 1. The molecule has 5 N–H and O–H groups in total. The molecule has 1 aromatic heterocycles. The zero-order chi connectivity index (χ0) is 47.8. The summed E-state index contributed by atoms with van der Waals surface area (Å²) in [7, 11) is 6.22. The number of carboxylic acids is 1. The number of esters is 3. The van der Waals surface area contributed by atoms with Crippen LogP contribution in [0.4, 0.5) is 11.4 Å². The first-order valence-corrected chi connectivity index (χ1v) is 23.1. The molecule has 2 fully saturated rings. The van der Waals surface area contributed by atoms with E-state index >= 15 is 4.79 Å². The molecule has 1 aliphatic carbocycles. The fourth-order valence-corrected chi connectivity index (χ4v) is 13.5. The highest BCUT2D eigenvalue weighted by Gasteiger charge is 2.80. The fraction of sp³-hybridized carbons (Fsp3) is 0.462. The van der Waals surface area contributed by atoms with Crippen LogP contribution in [0.1, 0.15) is 79.2 Å². The Morgan fingerprint density at radius 1 is 0.940 bits per heavy atom. The number of aromatic carboxylic acids is 1. The van der Waals surface area contributed by atoms with E-state index < -0.39 is 51.9 Å². The Kier molecular flexibility index (Phi) is 11.6. The lowest BCUT2D eigenvalue weighted by Crippen LogP contribution is -2.81. The van der Waals surface area contributed by atoms with Crippen LogP contribution in [-0.2, 0) is 46.0 Å². The summed E-state index contributed by atoms with van der Waals surface area (Å²) in [5.74, 6) is -2.24. The van der Waals surface area contributed by atoms with Crippen LogP contribution in [0.5, 0.6) is 5.75 Å². The van der Waals surface area contributed by atoms with E-state index in [0.29, 0.717) is 55.9 Å². The number of methoxy groups -OCH3 is 3. The molecule has 15 nitrogen and oxygen atoms in total. The second-order valence-corrected chi connectivity index (χ2v) is 19.1. The number of anilines is 2. The number of aromatic amines is 1. The van der Waals surface area contributed by atoms with Gasteiger partial charge in [0.05, 0.1) is 32.9 Å². The Bertz CT molecular complexity index is 2710. The number of fused-ring (bicyclic) bond motifs is 6. The predicted molar refractivity (Wildman–Crippen MR) is 252 cm³/mol. The maximum atomic E-state index is 15.2. The number of nitrogens with zero attached hydrogens (tertiary/aromatic N) is 3. The summed E-state index contributed by atoms with van der Waals surface area (Å²) in [5.41, 5.74) is 7.21.